The fourth-order valence-corrected chi connectivity index (χ4v) is 7.76. The number of phenolic OH excluding ortho intramolecular Hbond substituents is 1. The summed E-state index contributed by atoms with van der Waals surface area (Å²) >= 11 is 0. The number of hydrogen-bond acceptors (Lipinski definition) is 10. The summed E-state index contributed by atoms with van der Waals surface area (Å²) in [4.78, 5) is 56.6. The maximum atomic E-state index is 14.2. The topological polar surface area (TPSA) is 206 Å². The third-order valence-electron chi connectivity index (χ3n) is 9.83. The average Bonchev–Trinajstić information content (AvgIpc) is 3.00. The van der Waals surface area contributed by atoms with Gasteiger partial charge in [-0.1, -0.05) is 36.4 Å². The Balaban J connectivity index is 1.43. The summed E-state index contributed by atoms with van der Waals surface area (Å²) in [6.07, 6.45) is -1.45. The molecule has 3 amide bonds. The number of fused-ring (bicyclic) bond motifs is 4. The number of likely N-dealkylation sites (N-methyl/N-ethyl adjacent to an activating group) is 1. The van der Waals surface area contributed by atoms with Crippen LogP contribution in [-0.4, -0.2) is 94.8 Å². The second-order valence-corrected chi connectivity index (χ2v) is 12.9. The summed E-state index contributed by atoms with van der Waals surface area (Å²) in [6.45, 7) is 0. The van der Waals surface area contributed by atoms with Gasteiger partial charge in [0.1, 0.15) is 11.7 Å². The second-order valence-electron chi connectivity index (χ2n) is 12.9. The van der Waals surface area contributed by atoms with Crippen LogP contribution in [0.5, 0.6) is 5.75 Å². The number of ketones is 2. The molecule has 2 saturated carbocycles. The van der Waals surface area contributed by atoms with Gasteiger partial charge in [0.05, 0.1) is 23.0 Å². The first kappa shape index (κ1) is 32.0. The fraction of sp³-hybridized carbons (Fsp3) is 0.353. The molecule has 3 aliphatic carbocycles. The van der Waals surface area contributed by atoms with E-state index in [9.17, 15) is 39.6 Å². The van der Waals surface area contributed by atoms with Crippen molar-refractivity contribution >= 4 is 57.1 Å². The first-order valence-corrected chi connectivity index (χ1v) is 15.2. The Morgan fingerprint density at radius 3 is 2.30 bits per heavy atom. The van der Waals surface area contributed by atoms with Crippen molar-refractivity contribution in [3.63, 3.8) is 0 Å². The van der Waals surface area contributed by atoms with Gasteiger partial charge in [-0.25, -0.2) is 4.79 Å². The molecule has 0 aliphatic heterocycles. The highest BCUT2D eigenvalue weighted by molar-refractivity contribution is 6.25. The van der Waals surface area contributed by atoms with Gasteiger partial charge < -0.3 is 46.6 Å². The summed E-state index contributed by atoms with van der Waals surface area (Å²) in [5, 5.41) is 53.3. The Bertz CT molecular complexity index is 1880. The van der Waals surface area contributed by atoms with E-state index in [1.54, 1.807) is 56.2 Å². The quantitative estimate of drug-likeness (QED) is 0.159. The van der Waals surface area contributed by atoms with Gasteiger partial charge >= 0.3 is 6.03 Å². The Labute approximate surface area is 270 Å². The zero-order valence-corrected chi connectivity index (χ0v) is 26.3. The minimum atomic E-state index is -2.76. The van der Waals surface area contributed by atoms with Crippen LogP contribution in [-0.2, 0) is 20.8 Å². The van der Waals surface area contributed by atoms with Crippen LogP contribution >= 0.6 is 0 Å². The van der Waals surface area contributed by atoms with E-state index in [0.717, 1.165) is 10.8 Å². The molecule has 246 valence electrons. The highest BCUT2D eigenvalue weighted by Gasteiger charge is 2.67. The third kappa shape index (κ3) is 4.80. The van der Waals surface area contributed by atoms with Gasteiger partial charge in [0.2, 0.25) is 11.7 Å². The normalized spacial score (nSPS) is 26.8. The molecule has 13 heteroatoms. The SMILES string of the molecule is CN(C)c1cc(NC(=O)Nc2cccc3ccccc23)c(O)c2c1C[C@@H]1C[C@@H]3[C@@H](N(C)C)C(O)C(C(N)=O)C(=O)[C@]3(O)C(=O)C1=C2O. The number of phenols is 1. The number of primary amides is 1. The monoisotopic (exact) mass is 643 g/mol. The predicted molar refractivity (Wildman–Crippen MR) is 175 cm³/mol. The number of nitrogens with two attached hydrogens (primary N) is 1. The van der Waals surface area contributed by atoms with Gasteiger partial charge in [-0.3, -0.25) is 14.4 Å². The van der Waals surface area contributed by atoms with Crippen LogP contribution in [0.15, 0.2) is 54.1 Å². The summed E-state index contributed by atoms with van der Waals surface area (Å²) in [5.74, 6) is -8.38. The zero-order chi connectivity index (χ0) is 34.1. The number of urea groups is 1. The minimum absolute atomic E-state index is 0.000722. The van der Waals surface area contributed by atoms with Crippen molar-refractivity contribution in [3.8, 4) is 5.75 Å². The highest BCUT2D eigenvalue weighted by atomic mass is 16.3. The Hall–Kier alpha value is -4.98. The molecule has 3 aromatic carbocycles. The first-order chi connectivity index (χ1) is 22.2. The van der Waals surface area contributed by atoms with E-state index in [4.69, 9.17) is 5.73 Å². The van der Waals surface area contributed by atoms with Crippen LogP contribution in [0.4, 0.5) is 21.9 Å². The number of rotatable bonds is 5. The van der Waals surface area contributed by atoms with Gasteiger partial charge in [0.25, 0.3) is 0 Å². The smallest absolute Gasteiger partial charge is 0.323 e. The molecule has 6 atom stereocenters. The number of amides is 3. The van der Waals surface area contributed by atoms with Gasteiger partial charge in [0.15, 0.2) is 17.1 Å². The number of anilines is 3. The summed E-state index contributed by atoms with van der Waals surface area (Å²) < 4.78 is 0. The molecule has 0 radical (unpaired) electrons. The molecule has 0 bridgehead atoms. The van der Waals surface area contributed by atoms with Crippen molar-refractivity contribution in [1.29, 1.82) is 0 Å². The molecule has 6 rings (SSSR count). The van der Waals surface area contributed by atoms with Crippen LogP contribution in [0.3, 0.4) is 0 Å². The molecule has 3 aromatic rings. The van der Waals surface area contributed by atoms with E-state index in [2.05, 4.69) is 10.6 Å². The van der Waals surface area contributed by atoms with Crippen molar-refractivity contribution in [2.24, 2.45) is 23.5 Å². The average molecular weight is 644 g/mol. The van der Waals surface area contributed by atoms with E-state index in [0.29, 0.717) is 16.9 Å². The van der Waals surface area contributed by atoms with Gasteiger partial charge in [-0.15, -0.1) is 0 Å². The van der Waals surface area contributed by atoms with Crippen LogP contribution in [0, 0.1) is 17.8 Å². The largest absolute Gasteiger partial charge is 0.507 e. The Morgan fingerprint density at radius 2 is 1.64 bits per heavy atom. The number of nitrogens with one attached hydrogen (secondary N) is 2. The van der Waals surface area contributed by atoms with E-state index < -0.39 is 70.5 Å². The van der Waals surface area contributed by atoms with Crippen molar-refractivity contribution in [2.75, 3.05) is 43.7 Å². The number of nitrogens with zero attached hydrogens (tertiary/aromatic N) is 2. The number of aromatic hydroxyl groups is 1. The maximum Gasteiger partial charge on any atom is 0.323 e. The number of aliphatic hydroxyl groups is 3. The molecule has 0 heterocycles. The Morgan fingerprint density at radius 1 is 0.979 bits per heavy atom. The molecular formula is C34H37N5O8. The molecule has 0 spiro atoms. The van der Waals surface area contributed by atoms with E-state index in [1.807, 2.05) is 30.3 Å². The number of benzene rings is 3. The van der Waals surface area contributed by atoms with Gasteiger partial charge in [-0.05, 0) is 55.9 Å². The van der Waals surface area contributed by atoms with E-state index in [1.165, 1.54) is 0 Å². The third-order valence-corrected chi connectivity index (χ3v) is 9.83. The second kappa shape index (κ2) is 11.4. The fourth-order valence-electron chi connectivity index (χ4n) is 7.76. The van der Waals surface area contributed by atoms with Crippen LogP contribution in [0.1, 0.15) is 17.5 Å². The van der Waals surface area contributed by atoms with E-state index in [-0.39, 0.29) is 29.7 Å². The lowest BCUT2D eigenvalue weighted by Crippen LogP contribution is -2.73. The Kier molecular flexibility index (Phi) is 7.74. The van der Waals surface area contributed by atoms with E-state index >= 15 is 0 Å². The number of aliphatic hydroxyl groups excluding tert-OH is 2. The number of carbonyl (C=O) groups excluding carboxylic acids is 4. The first-order valence-electron chi connectivity index (χ1n) is 15.2. The van der Waals surface area contributed by atoms with Gasteiger partial charge in [-0.2, -0.15) is 0 Å². The van der Waals surface area contributed by atoms with Crippen molar-refractivity contribution in [1.82, 2.24) is 4.90 Å². The lowest BCUT2D eigenvalue weighted by Gasteiger charge is -2.53. The molecule has 47 heavy (non-hydrogen) atoms. The van der Waals surface area contributed by atoms with Gasteiger partial charge in [0, 0.05) is 42.7 Å². The lowest BCUT2D eigenvalue weighted by atomic mass is 9.54. The summed E-state index contributed by atoms with van der Waals surface area (Å²) in [7, 11) is 6.68. The van der Waals surface area contributed by atoms with Crippen LogP contribution < -0.4 is 21.3 Å². The van der Waals surface area contributed by atoms with Crippen molar-refractivity contribution in [2.45, 2.75) is 30.6 Å². The molecular weight excluding hydrogens is 606 g/mol. The molecule has 13 nitrogen and oxygen atoms in total. The van der Waals surface area contributed by atoms with Crippen LogP contribution in [0.2, 0.25) is 0 Å². The minimum Gasteiger partial charge on any atom is -0.507 e. The zero-order valence-electron chi connectivity index (χ0n) is 26.3. The molecule has 3 aliphatic rings. The number of Topliss-reactive ketones (excluding diaryl/α,β-unsaturated/α-hetero) is 2. The molecule has 8 N–H and O–H groups in total. The maximum absolute atomic E-state index is 14.2. The molecule has 2 unspecified atom stereocenters. The highest BCUT2D eigenvalue weighted by Crippen LogP contribution is 2.54. The van der Waals surface area contributed by atoms with Crippen molar-refractivity contribution < 1.29 is 39.6 Å². The summed E-state index contributed by atoms with van der Waals surface area (Å²) in [5.41, 5.74) is 3.77. The standard InChI is InChI=1S/C34H37N5O8/c1-38(2)22-14-21(37-33(46)36-20-11-7-9-15-8-5-6-10-17(15)20)27(40)24-18(22)12-16-13-19-26(39(3)4)29(42)25(32(35)45)31(44)34(19,47)30(43)23(16)28(24)41/h5-11,14,16,19,25-26,29,40-42,47H,12-13H2,1-4H3,(H2,35,45)(H2,36,37,46)/t16-,19-,25?,26-,29?,34-/m1/s1. The molecule has 2 fully saturated rings. The summed E-state index contributed by atoms with van der Waals surface area (Å²) in [6, 6.07) is 12.8. The lowest BCUT2D eigenvalue weighted by molar-refractivity contribution is -0.184. The van der Waals surface area contributed by atoms with Crippen LogP contribution in [0.25, 0.3) is 16.5 Å². The predicted octanol–water partition coefficient (Wildman–Crippen LogP) is 1.99. The number of hydrogen-bond donors (Lipinski definition) is 7. The van der Waals surface area contributed by atoms with Crippen molar-refractivity contribution in [3.05, 3.63) is 65.2 Å². The molecule has 0 saturated heterocycles. The number of carbonyl (C=O) groups is 4. The molecule has 0 aromatic heterocycles.